The second kappa shape index (κ2) is 8.61. The second-order valence-electron chi connectivity index (χ2n) is 4.85. The van der Waals surface area contributed by atoms with Crippen LogP contribution in [0.15, 0.2) is 59.5 Å². The van der Waals surface area contributed by atoms with Crippen LogP contribution in [-0.2, 0) is 24.3 Å². The van der Waals surface area contributed by atoms with Crippen molar-refractivity contribution in [1.29, 1.82) is 0 Å². The first kappa shape index (κ1) is 18.9. The van der Waals surface area contributed by atoms with Crippen molar-refractivity contribution in [2.24, 2.45) is 0 Å². The molecule has 132 valence electrons. The molecule has 0 bridgehead atoms. The smallest absolute Gasteiger partial charge is 0.321 e. The van der Waals surface area contributed by atoms with E-state index in [4.69, 9.17) is 16.3 Å². The third-order valence-electron chi connectivity index (χ3n) is 2.95. The number of halogens is 1. The van der Waals surface area contributed by atoms with Gasteiger partial charge in [0, 0.05) is 10.7 Å². The molecule has 0 radical (unpaired) electrons. The molecule has 0 aliphatic rings. The highest BCUT2D eigenvalue weighted by Gasteiger charge is 2.16. The third-order valence-corrected chi connectivity index (χ3v) is 4.62. The van der Waals surface area contributed by atoms with Crippen LogP contribution in [0.1, 0.15) is 0 Å². The Morgan fingerprint density at radius 2 is 1.64 bits per heavy atom. The van der Waals surface area contributed by atoms with Crippen molar-refractivity contribution >= 4 is 39.2 Å². The number of rotatable bonds is 7. The molecule has 2 N–H and O–H groups in total. The van der Waals surface area contributed by atoms with Crippen LogP contribution in [0, 0.1) is 0 Å². The van der Waals surface area contributed by atoms with E-state index in [1.54, 1.807) is 42.5 Å². The summed E-state index contributed by atoms with van der Waals surface area (Å²) in [6, 6.07) is 14.0. The van der Waals surface area contributed by atoms with Crippen molar-refractivity contribution in [1.82, 2.24) is 4.72 Å². The summed E-state index contributed by atoms with van der Waals surface area (Å²) in [5, 5.41) is 3.03. The van der Waals surface area contributed by atoms with Crippen LogP contribution in [0.2, 0.25) is 5.02 Å². The second-order valence-corrected chi connectivity index (χ2v) is 7.06. The minimum absolute atomic E-state index is 0.0308. The van der Waals surface area contributed by atoms with E-state index in [1.165, 1.54) is 12.1 Å². The Kier molecular flexibility index (Phi) is 6.51. The topological polar surface area (TPSA) is 102 Å². The van der Waals surface area contributed by atoms with Gasteiger partial charge in [-0.25, -0.2) is 8.42 Å². The Labute approximate surface area is 150 Å². The summed E-state index contributed by atoms with van der Waals surface area (Å²) in [7, 11) is -3.81. The number of carbonyl (C=O) groups is 2. The van der Waals surface area contributed by atoms with Gasteiger partial charge in [-0.15, -0.1) is 0 Å². The van der Waals surface area contributed by atoms with Crippen LogP contribution in [0.4, 0.5) is 5.69 Å². The molecule has 0 heterocycles. The summed E-state index contributed by atoms with van der Waals surface area (Å²) in [5.41, 5.74) is 0.496. The van der Waals surface area contributed by atoms with E-state index in [0.29, 0.717) is 10.7 Å². The highest BCUT2D eigenvalue weighted by Crippen LogP contribution is 2.13. The lowest BCUT2D eigenvalue weighted by Gasteiger charge is -2.08. The summed E-state index contributed by atoms with van der Waals surface area (Å²) >= 11 is 5.73. The number of hydrogen-bond acceptors (Lipinski definition) is 5. The van der Waals surface area contributed by atoms with Gasteiger partial charge < -0.3 is 10.1 Å². The summed E-state index contributed by atoms with van der Waals surface area (Å²) in [6.45, 7) is -1.11. The van der Waals surface area contributed by atoms with E-state index < -0.39 is 35.1 Å². The van der Waals surface area contributed by atoms with Gasteiger partial charge in [0.1, 0.15) is 6.54 Å². The fraction of sp³-hybridized carbons (Fsp3) is 0.125. The number of carbonyl (C=O) groups excluding carboxylic acids is 2. The van der Waals surface area contributed by atoms with Crippen LogP contribution in [0.3, 0.4) is 0 Å². The number of hydrogen-bond donors (Lipinski definition) is 2. The van der Waals surface area contributed by atoms with E-state index in [1.807, 2.05) is 0 Å². The minimum atomic E-state index is -3.81. The average Bonchev–Trinajstić information content (AvgIpc) is 2.61. The predicted octanol–water partition coefficient (Wildman–Crippen LogP) is 1.80. The van der Waals surface area contributed by atoms with Crippen LogP contribution >= 0.6 is 11.6 Å². The van der Waals surface area contributed by atoms with Crippen molar-refractivity contribution < 1.29 is 22.7 Å². The van der Waals surface area contributed by atoms with Crippen LogP contribution in [0.25, 0.3) is 0 Å². The molecule has 2 aromatic rings. The number of ether oxygens (including phenoxy) is 1. The number of anilines is 1. The highest BCUT2D eigenvalue weighted by atomic mass is 35.5. The number of nitrogens with one attached hydrogen (secondary N) is 2. The fourth-order valence-corrected chi connectivity index (χ4v) is 2.88. The van der Waals surface area contributed by atoms with Crippen LogP contribution in [0.5, 0.6) is 0 Å². The number of esters is 1. The number of amides is 1. The lowest BCUT2D eigenvalue weighted by molar-refractivity contribution is -0.146. The van der Waals surface area contributed by atoms with Gasteiger partial charge in [0.05, 0.1) is 4.90 Å². The van der Waals surface area contributed by atoms with Gasteiger partial charge in [-0.05, 0) is 36.4 Å². The maximum atomic E-state index is 11.9. The molecule has 0 atom stereocenters. The van der Waals surface area contributed by atoms with Gasteiger partial charge in [0.25, 0.3) is 5.91 Å². The zero-order valence-electron chi connectivity index (χ0n) is 12.9. The summed E-state index contributed by atoms with van der Waals surface area (Å²) in [4.78, 5) is 23.3. The Hall–Kier alpha value is -2.42. The highest BCUT2D eigenvalue weighted by molar-refractivity contribution is 7.89. The monoisotopic (exact) mass is 382 g/mol. The summed E-state index contributed by atoms with van der Waals surface area (Å²) in [6.07, 6.45) is 0. The molecule has 25 heavy (non-hydrogen) atoms. The molecule has 0 spiro atoms. The van der Waals surface area contributed by atoms with Crippen molar-refractivity contribution in [2.45, 2.75) is 4.90 Å². The Bertz CT molecular complexity index is 839. The number of sulfonamides is 1. The van der Waals surface area contributed by atoms with Crippen LogP contribution in [-0.4, -0.2) is 33.4 Å². The normalized spacial score (nSPS) is 10.9. The first-order chi connectivity index (χ1) is 11.9. The molecule has 0 saturated heterocycles. The molecule has 0 saturated carbocycles. The standard InChI is InChI=1S/C16H15ClN2O5S/c17-12-6-8-13(9-7-12)19-15(20)11-24-16(21)10-18-25(22,23)14-4-2-1-3-5-14/h1-9,18H,10-11H2,(H,19,20). The fourth-order valence-electron chi connectivity index (χ4n) is 1.76. The zero-order valence-corrected chi connectivity index (χ0v) is 14.5. The summed E-state index contributed by atoms with van der Waals surface area (Å²) < 4.78 is 30.7. The molecule has 2 aromatic carbocycles. The van der Waals surface area contributed by atoms with Gasteiger partial charge in [-0.2, -0.15) is 4.72 Å². The van der Waals surface area contributed by atoms with Crippen molar-refractivity contribution in [3.63, 3.8) is 0 Å². The Morgan fingerprint density at radius 3 is 2.28 bits per heavy atom. The molecule has 0 fully saturated rings. The third kappa shape index (κ3) is 6.18. The van der Waals surface area contributed by atoms with Gasteiger partial charge >= 0.3 is 5.97 Å². The largest absolute Gasteiger partial charge is 0.455 e. The van der Waals surface area contributed by atoms with E-state index in [-0.39, 0.29) is 4.90 Å². The first-order valence-electron chi connectivity index (χ1n) is 7.12. The molecule has 9 heteroatoms. The molecule has 7 nitrogen and oxygen atoms in total. The quantitative estimate of drug-likeness (QED) is 0.711. The number of benzene rings is 2. The van der Waals surface area contributed by atoms with Gasteiger partial charge in [0.15, 0.2) is 6.61 Å². The molecular formula is C16H15ClN2O5S. The lowest BCUT2D eigenvalue weighted by atomic mass is 10.3. The first-order valence-corrected chi connectivity index (χ1v) is 8.99. The molecule has 0 aliphatic carbocycles. The van der Waals surface area contributed by atoms with Gasteiger partial charge in [-0.3, -0.25) is 9.59 Å². The maximum absolute atomic E-state index is 11.9. The van der Waals surface area contributed by atoms with Crippen molar-refractivity contribution in [2.75, 3.05) is 18.5 Å². The van der Waals surface area contributed by atoms with Crippen molar-refractivity contribution in [3.05, 3.63) is 59.6 Å². The van der Waals surface area contributed by atoms with Gasteiger partial charge in [-0.1, -0.05) is 29.8 Å². The predicted molar refractivity (Wildman–Crippen MR) is 92.7 cm³/mol. The van der Waals surface area contributed by atoms with E-state index in [2.05, 4.69) is 10.0 Å². The molecular weight excluding hydrogens is 368 g/mol. The summed E-state index contributed by atoms with van der Waals surface area (Å²) in [5.74, 6) is -1.42. The minimum Gasteiger partial charge on any atom is -0.455 e. The molecule has 1 amide bonds. The van der Waals surface area contributed by atoms with E-state index in [0.717, 1.165) is 0 Å². The zero-order chi connectivity index (χ0) is 18.3. The SMILES string of the molecule is O=C(COC(=O)CNS(=O)(=O)c1ccccc1)Nc1ccc(Cl)cc1. The van der Waals surface area contributed by atoms with E-state index in [9.17, 15) is 18.0 Å². The van der Waals surface area contributed by atoms with Crippen LogP contribution < -0.4 is 10.0 Å². The lowest BCUT2D eigenvalue weighted by Crippen LogP contribution is -2.32. The Morgan fingerprint density at radius 1 is 1.00 bits per heavy atom. The molecule has 0 aliphatic heterocycles. The maximum Gasteiger partial charge on any atom is 0.321 e. The molecule has 0 aromatic heterocycles. The van der Waals surface area contributed by atoms with Crippen molar-refractivity contribution in [3.8, 4) is 0 Å². The molecule has 0 unspecified atom stereocenters. The Balaban J connectivity index is 1.77. The van der Waals surface area contributed by atoms with E-state index >= 15 is 0 Å². The molecule has 2 rings (SSSR count). The average molecular weight is 383 g/mol. The van der Waals surface area contributed by atoms with Gasteiger partial charge in [0.2, 0.25) is 10.0 Å².